The number of nitrogens with one attached hydrogen (secondary N) is 1. The Hall–Kier alpha value is -2.38. The fourth-order valence-electron chi connectivity index (χ4n) is 3.24. The Balaban J connectivity index is 1.59. The van der Waals surface area contributed by atoms with Gasteiger partial charge in [0.2, 0.25) is 5.91 Å². The smallest absolute Gasteiger partial charge is 0.281 e. The highest BCUT2D eigenvalue weighted by molar-refractivity contribution is 6.32. The third kappa shape index (κ3) is 4.48. The molecule has 3 amide bonds. The summed E-state index contributed by atoms with van der Waals surface area (Å²) in [5, 5.41) is 3.42. The zero-order valence-corrected chi connectivity index (χ0v) is 16.2. The number of hydrogen-bond donors (Lipinski definition) is 1. The van der Waals surface area contributed by atoms with Crippen LogP contribution >= 0.6 is 11.6 Å². The normalized spacial score (nSPS) is 18.3. The van der Waals surface area contributed by atoms with Gasteiger partial charge < -0.3 is 10.2 Å². The first-order valence-corrected chi connectivity index (χ1v) is 9.35. The minimum absolute atomic E-state index is 0.00120. The molecule has 1 fully saturated rings. The fraction of sp³-hybridized carbons (Fsp3) is 0.421. The molecule has 0 aromatic heterocycles. The molecule has 7 nitrogen and oxygen atoms in total. The van der Waals surface area contributed by atoms with Crippen molar-refractivity contribution < 1.29 is 14.4 Å². The van der Waals surface area contributed by atoms with Crippen molar-refractivity contribution in [2.45, 2.75) is 19.9 Å². The van der Waals surface area contributed by atoms with E-state index in [4.69, 9.17) is 11.6 Å². The average molecular weight is 391 g/mol. The van der Waals surface area contributed by atoms with Crippen LogP contribution in [0.5, 0.6) is 0 Å². The number of imide groups is 1. The van der Waals surface area contributed by atoms with Crippen LogP contribution in [0.15, 0.2) is 36.0 Å². The van der Waals surface area contributed by atoms with Crippen molar-refractivity contribution in [3.8, 4) is 0 Å². The molecule has 0 saturated carbocycles. The largest absolute Gasteiger partial charge is 0.364 e. The molecular weight excluding hydrogens is 368 g/mol. The van der Waals surface area contributed by atoms with Gasteiger partial charge in [0.05, 0.1) is 12.2 Å². The SMILES string of the molecule is CC(C)NC(=O)CN1CCN(C2=CC(=O)N(c3ccc(Cl)cc3)C2=O)CC1. The van der Waals surface area contributed by atoms with Crippen LogP contribution in [0.1, 0.15) is 13.8 Å². The molecule has 2 aliphatic rings. The zero-order chi connectivity index (χ0) is 19.6. The number of piperazine rings is 1. The van der Waals surface area contributed by atoms with Crippen LogP contribution in [-0.4, -0.2) is 66.3 Å². The van der Waals surface area contributed by atoms with E-state index < -0.39 is 0 Å². The van der Waals surface area contributed by atoms with E-state index in [9.17, 15) is 14.4 Å². The Morgan fingerprint density at radius 2 is 1.74 bits per heavy atom. The highest BCUT2D eigenvalue weighted by Gasteiger charge is 2.36. The molecule has 144 valence electrons. The van der Waals surface area contributed by atoms with Crippen LogP contribution in [0.25, 0.3) is 0 Å². The standard InChI is InChI=1S/C19H23ClN4O3/c1-13(2)21-17(25)12-22-7-9-23(10-8-22)16-11-18(26)24(19(16)27)15-5-3-14(20)4-6-15/h3-6,11,13H,7-10,12H2,1-2H3,(H,21,25). The van der Waals surface area contributed by atoms with Crippen molar-refractivity contribution in [2.24, 2.45) is 0 Å². The van der Waals surface area contributed by atoms with Crippen molar-refractivity contribution in [2.75, 3.05) is 37.6 Å². The number of amides is 3. The number of carbonyl (C=O) groups excluding carboxylic acids is 3. The minimum atomic E-state index is -0.351. The highest BCUT2D eigenvalue weighted by atomic mass is 35.5. The molecule has 1 N–H and O–H groups in total. The Morgan fingerprint density at radius 1 is 1.11 bits per heavy atom. The lowest BCUT2D eigenvalue weighted by atomic mass is 10.2. The minimum Gasteiger partial charge on any atom is -0.364 e. The van der Waals surface area contributed by atoms with E-state index in [0.717, 1.165) is 4.90 Å². The Bertz CT molecular complexity index is 768. The van der Waals surface area contributed by atoms with E-state index in [-0.39, 0.29) is 23.8 Å². The molecule has 27 heavy (non-hydrogen) atoms. The number of halogens is 1. The van der Waals surface area contributed by atoms with Crippen molar-refractivity contribution >= 4 is 35.0 Å². The fourth-order valence-corrected chi connectivity index (χ4v) is 3.36. The van der Waals surface area contributed by atoms with Crippen LogP contribution in [0.4, 0.5) is 5.69 Å². The van der Waals surface area contributed by atoms with Crippen molar-refractivity contribution in [1.29, 1.82) is 0 Å². The molecule has 0 radical (unpaired) electrons. The van der Waals surface area contributed by atoms with Gasteiger partial charge in [-0.2, -0.15) is 0 Å². The maximum absolute atomic E-state index is 12.8. The summed E-state index contributed by atoms with van der Waals surface area (Å²) >= 11 is 5.88. The van der Waals surface area contributed by atoms with Crippen molar-refractivity contribution in [3.05, 3.63) is 41.1 Å². The quantitative estimate of drug-likeness (QED) is 0.766. The zero-order valence-electron chi connectivity index (χ0n) is 15.4. The van der Waals surface area contributed by atoms with E-state index in [1.54, 1.807) is 24.3 Å². The van der Waals surface area contributed by atoms with E-state index >= 15 is 0 Å². The number of benzene rings is 1. The predicted octanol–water partition coefficient (Wildman–Crippen LogP) is 1.24. The van der Waals surface area contributed by atoms with Crippen LogP contribution in [0.3, 0.4) is 0 Å². The second kappa shape index (κ2) is 8.10. The van der Waals surface area contributed by atoms with Gasteiger partial charge in [0.25, 0.3) is 11.8 Å². The Kier molecular flexibility index (Phi) is 5.82. The molecule has 0 unspecified atom stereocenters. The van der Waals surface area contributed by atoms with Gasteiger partial charge in [-0.3, -0.25) is 19.3 Å². The van der Waals surface area contributed by atoms with Crippen molar-refractivity contribution in [3.63, 3.8) is 0 Å². The third-order valence-electron chi connectivity index (χ3n) is 4.52. The maximum Gasteiger partial charge on any atom is 0.281 e. The van der Waals surface area contributed by atoms with Gasteiger partial charge in [-0.1, -0.05) is 11.6 Å². The Labute approximate surface area is 163 Å². The summed E-state index contributed by atoms with van der Waals surface area (Å²) in [7, 11) is 0. The van der Waals surface area contributed by atoms with Gasteiger partial charge in [0.15, 0.2) is 0 Å². The molecule has 3 rings (SSSR count). The lowest BCUT2D eigenvalue weighted by molar-refractivity contribution is -0.124. The molecule has 1 aromatic carbocycles. The van der Waals surface area contributed by atoms with Crippen LogP contribution in [-0.2, 0) is 14.4 Å². The number of rotatable bonds is 5. The monoisotopic (exact) mass is 390 g/mol. The summed E-state index contributed by atoms with van der Waals surface area (Å²) < 4.78 is 0. The van der Waals surface area contributed by atoms with Gasteiger partial charge in [-0.25, -0.2) is 4.90 Å². The first kappa shape index (κ1) is 19.4. The van der Waals surface area contributed by atoms with Crippen LogP contribution < -0.4 is 10.2 Å². The third-order valence-corrected chi connectivity index (χ3v) is 4.77. The summed E-state index contributed by atoms with van der Waals surface area (Å²) in [5.41, 5.74) is 0.908. The maximum atomic E-state index is 12.8. The number of carbonyl (C=O) groups is 3. The van der Waals surface area contributed by atoms with Gasteiger partial charge in [-0.15, -0.1) is 0 Å². The van der Waals surface area contributed by atoms with E-state index in [1.807, 2.05) is 23.6 Å². The first-order chi connectivity index (χ1) is 12.8. The molecule has 2 aliphatic heterocycles. The molecule has 1 aromatic rings. The van der Waals surface area contributed by atoms with Crippen molar-refractivity contribution in [1.82, 2.24) is 15.1 Å². The number of nitrogens with zero attached hydrogens (tertiary/aromatic N) is 3. The molecule has 8 heteroatoms. The topological polar surface area (TPSA) is 73.0 Å². The molecular formula is C19H23ClN4O3. The Morgan fingerprint density at radius 3 is 2.33 bits per heavy atom. The van der Waals surface area contributed by atoms with Gasteiger partial charge in [0, 0.05) is 43.3 Å². The molecule has 1 saturated heterocycles. The van der Waals surface area contributed by atoms with E-state index in [0.29, 0.717) is 49.1 Å². The van der Waals surface area contributed by atoms with E-state index in [1.165, 1.54) is 6.08 Å². The van der Waals surface area contributed by atoms with Crippen LogP contribution in [0, 0.1) is 0 Å². The molecule has 0 atom stereocenters. The average Bonchev–Trinajstić information content (AvgIpc) is 2.90. The summed E-state index contributed by atoms with van der Waals surface area (Å²) in [6.07, 6.45) is 1.39. The van der Waals surface area contributed by atoms with E-state index in [2.05, 4.69) is 5.32 Å². The summed E-state index contributed by atoms with van der Waals surface area (Å²) in [5.74, 6) is -0.678. The van der Waals surface area contributed by atoms with Gasteiger partial charge in [-0.05, 0) is 38.1 Å². The van der Waals surface area contributed by atoms with Crippen LogP contribution in [0.2, 0.25) is 5.02 Å². The molecule has 0 aliphatic carbocycles. The lowest BCUT2D eigenvalue weighted by Crippen LogP contribution is -2.50. The molecule has 2 heterocycles. The number of hydrogen-bond acceptors (Lipinski definition) is 5. The highest BCUT2D eigenvalue weighted by Crippen LogP contribution is 2.26. The lowest BCUT2D eigenvalue weighted by Gasteiger charge is -2.35. The molecule has 0 bridgehead atoms. The summed E-state index contributed by atoms with van der Waals surface area (Å²) in [6.45, 7) is 6.70. The first-order valence-electron chi connectivity index (χ1n) is 8.97. The predicted molar refractivity (Wildman–Crippen MR) is 103 cm³/mol. The summed E-state index contributed by atoms with van der Waals surface area (Å²) in [6, 6.07) is 6.72. The van der Waals surface area contributed by atoms with Gasteiger partial charge in [0.1, 0.15) is 5.70 Å². The second-order valence-electron chi connectivity index (χ2n) is 6.97. The van der Waals surface area contributed by atoms with Gasteiger partial charge >= 0.3 is 0 Å². The second-order valence-corrected chi connectivity index (χ2v) is 7.41. The summed E-state index contributed by atoms with van der Waals surface area (Å²) in [4.78, 5) is 42.1. The number of anilines is 1. The molecule has 0 spiro atoms.